The van der Waals surface area contributed by atoms with Crippen molar-refractivity contribution < 1.29 is 9.47 Å². The van der Waals surface area contributed by atoms with Crippen molar-refractivity contribution in [3.8, 4) is 0 Å². The zero-order valence-corrected chi connectivity index (χ0v) is 5.12. The van der Waals surface area contributed by atoms with Gasteiger partial charge in [0.2, 0.25) is 0 Å². The van der Waals surface area contributed by atoms with Gasteiger partial charge in [-0.3, -0.25) is 0 Å². The van der Waals surface area contributed by atoms with Gasteiger partial charge in [-0.15, -0.1) is 0 Å². The van der Waals surface area contributed by atoms with E-state index in [2.05, 4.69) is 0 Å². The highest BCUT2D eigenvalue weighted by Gasteiger charge is 2.39. The van der Waals surface area contributed by atoms with E-state index in [1.165, 1.54) is 0 Å². The maximum atomic E-state index is 5.65. The third-order valence-electron chi connectivity index (χ3n) is 1.84. The Morgan fingerprint density at radius 3 is 3.11 bits per heavy atom. The standard InChI is InChI=1S/C6H10NO2/c7-4-3-9-5-1-2-8-6(4)5/h1,4-6H,2-3,7H2. The van der Waals surface area contributed by atoms with Gasteiger partial charge in [0.05, 0.1) is 25.4 Å². The summed E-state index contributed by atoms with van der Waals surface area (Å²) in [6, 6.07) is 0.0914. The molecule has 9 heavy (non-hydrogen) atoms. The summed E-state index contributed by atoms with van der Waals surface area (Å²) in [6.07, 6.45) is 2.35. The molecule has 0 aromatic heterocycles. The van der Waals surface area contributed by atoms with Gasteiger partial charge in [-0.05, 0) is 0 Å². The second-order valence-corrected chi connectivity index (χ2v) is 2.50. The highest BCUT2D eigenvalue weighted by atomic mass is 16.6. The van der Waals surface area contributed by atoms with Crippen LogP contribution in [-0.2, 0) is 9.47 Å². The lowest BCUT2D eigenvalue weighted by atomic mass is 10.1. The molecule has 1 radical (unpaired) electrons. The molecule has 0 aromatic rings. The highest BCUT2D eigenvalue weighted by molar-refractivity contribution is 5.00. The molecule has 0 aliphatic carbocycles. The molecule has 3 nitrogen and oxygen atoms in total. The topological polar surface area (TPSA) is 44.5 Å². The molecule has 0 amide bonds. The lowest BCUT2D eigenvalue weighted by molar-refractivity contribution is 0.0731. The van der Waals surface area contributed by atoms with Gasteiger partial charge in [0.25, 0.3) is 0 Å². The largest absolute Gasteiger partial charge is 0.373 e. The molecule has 2 fully saturated rings. The van der Waals surface area contributed by atoms with Crippen LogP contribution in [0.25, 0.3) is 0 Å². The number of ether oxygens (including phenoxy) is 2. The molecule has 0 spiro atoms. The van der Waals surface area contributed by atoms with Gasteiger partial charge < -0.3 is 15.2 Å². The van der Waals surface area contributed by atoms with Crippen molar-refractivity contribution in [1.29, 1.82) is 0 Å². The minimum atomic E-state index is 0.0914. The van der Waals surface area contributed by atoms with E-state index >= 15 is 0 Å². The number of nitrogens with two attached hydrogens (primary N) is 1. The van der Waals surface area contributed by atoms with E-state index in [-0.39, 0.29) is 18.2 Å². The van der Waals surface area contributed by atoms with E-state index in [9.17, 15) is 0 Å². The first-order valence-electron chi connectivity index (χ1n) is 3.20. The molecule has 0 saturated carbocycles. The molecular weight excluding hydrogens is 118 g/mol. The first-order valence-corrected chi connectivity index (χ1v) is 3.20. The molecule has 3 unspecified atom stereocenters. The molecule has 2 N–H and O–H groups in total. The lowest BCUT2D eigenvalue weighted by Crippen LogP contribution is -2.34. The van der Waals surface area contributed by atoms with E-state index in [4.69, 9.17) is 15.2 Å². The summed E-state index contributed by atoms with van der Waals surface area (Å²) in [7, 11) is 0. The third-order valence-corrected chi connectivity index (χ3v) is 1.84. The predicted molar refractivity (Wildman–Crippen MR) is 31.8 cm³/mol. The summed E-state index contributed by atoms with van der Waals surface area (Å²) in [5, 5.41) is 0. The fraction of sp³-hybridized carbons (Fsp3) is 0.833. The zero-order chi connectivity index (χ0) is 6.27. The Morgan fingerprint density at radius 1 is 1.44 bits per heavy atom. The van der Waals surface area contributed by atoms with E-state index in [1.807, 2.05) is 6.42 Å². The molecule has 2 aliphatic rings. The van der Waals surface area contributed by atoms with Crippen molar-refractivity contribution in [3.63, 3.8) is 0 Å². The number of hydrogen-bond donors (Lipinski definition) is 1. The van der Waals surface area contributed by atoms with Crippen LogP contribution in [0.3, 0.4) is 0 Å². The summed E-state index contributed by atoms with van der Waals surface area (Å²) in [5.74, 6) is 0. The first kappa shape index (κ1) is 5.65. The summed E-state index contributed by atoms with van der Waals surface area (Å²) in [5.41, 5.74) is 5.65. The second-order valence-electron chi connectivity index (χ2n) is 2.50. The van der Waals surface area contributed by atoms with Crippen molar-refractivity contribution in [1.82, 2.24) is 0 Å². The van der Waals surface area contributed by atoms with E-state index in [1.54, 1.807) is 0 Å². The summed E-state index contributed by atoms with van der Waals surface area (Å²) in [6.45, 7) is 1.34. The van der Waals surface area contributed by atoms with Gasteiger partial charge in [-0.2, -0.15) is 0 Å². The van der Waals surface area contributed by atoms with Crippen LogP contribution in [0.4, 0.5) is 0 Å². The van der Waals surface area contributed by atoms with Crippen molar-refractivity contribution in [2.75, 3.05) is 13.2 Å². The van der Waals surface area contributed by atoms with Gasteiger partial charge in [-0.25, -0.2) is 0 Å². The van der Waals surface area contributed by atoms with Gasteiger partial charge in [0.1, 0.15) is 6.10 Å². The number of fused-ring (bicyclic) bond motifs is 1. The maximum absolute atomic E-state index is 5.65. The van der Waals surface area contributed by atoms with Crippen LogP contribution in [0.1, 0.15) is 0 Å². The molecule has 51 valence electrons. The van der Waals surface area contributed by atoms with Crippen LogP contribution in [-0.4, -0.2) is 31.5 Å². The minimum absolute atomic E-state index is 0.0914. The van der Waals surface area contributed by atoms with Crippen LogP contribution in [0, 0.1) is 6.42 Å². The zero-order valence-electron chi connectivity index (χ0n) is 5.12. The second kappa shape index (κ2) is 1.94. The normalized spacial score (nSPS) is 49.7. The van der Waals surface area contributed by atoms with Gasteiger partial charge in [-0.1, -0.05) is 0 Å². The summed E-state index contributed by atoms with van der Waals surface area (Å²) < 4.78 is 10.6. The fourth-order valence-corrected chi connectivity index (χ4v) is 1.34. The Labute approximate surface area is 54.1 Å². The molecule has 2 saturated heterocycles. The smallest absolute Gasteiger partial charge is 0.101 e. The minimum Gasteiger partial charge on any atom is -0.373 e. The molecule has 3 atom stereocenters. The van der Waals surface area contributed by atoms with Crippen molar-refractivity contribution in [2.24, 2.45) is 5.73 Å². The van der Waals surface area contributed by atoms with E-state index < -0.39 is 0 Å². The SMILES string of the molecule is NC1COC2[CH]COC12. The van der Waals surface area contributed by atoms with Crippen LogP contribution in [0.15, 0.2) is 0 Å². The Hall–Kier alpha value is -0.120. The Kier molecular flexibility index (Phi) is 1.22. The van der Waals surface area contributed by atoms with Crippen LogP contribution < -0.4 is 5.73 Å². The quantitative estimate of drug-likeness (QED) is 0.470. The van der Waals surface area contributed by atoms with Crippen LogP contribution in [0.5, 0.6) is 0 Å². The molecule has 2 rings (SSSR count). The fourth-order valence-electron chi connectivity index (χ4n) is 1.34. The predicted octanol–water partition coefficient (Wildman–Crippen LogP) is -0.684. The van der Waals surface area contributed by atoms with Crippen molar-refractivity contribution in [2.45, 2.75) is 18.2 Å². The van der Waals surface area contributed by atoms with E-state index in [0.29, 0.717) is 13.2 Å². The highest BCUT2D eigenvalue weighted by Crippen LogP contribution is 2.23. The lowest BCUT2D eigenvalue weighted by Gasteiger charge is -2.08. The molecule has 2 aliphatic heterocycles. The van der Waals surface area contributed by atoms with Gasteiger partial charge in [0, 0.05) is 6.42 Å². The van der Waals surface area contributed by atoms with Crippen LogP contribution >= 0.6 is 0 Å². The maximum Gasteiger partial charge on any atom is 0.101 e. The van der Waals surface area contributed by atoms with Crippen molar-refractivity contribution in [3.05, 3.63) is 6.42 Å². The number of rotatable bonds is 0. The average Bonchev–Trinajstić information content (AvgIpc) is 2.35. The first-order chi connectivity index (χ1) is 4.38. The van der Waals surface area contributed by atoms with Crippen LogP contribution in [0.2, 0.25) is 0 Å². The molecular formula is C6H10NO2. The third kappa shape index (κ3) is 0.764. The molecule has 3 heteroatoms. The van der Waals surface area contributed by atoms with Crippen molar-refractivity contribution >= 4 is 0 Å². The molecule has 2 heterocycles. The Morgan fingerprint density at radius 2 is 2.33 bits per heavy atom. The monoisotopic (exact) mass is 128 g/mol. The summed E-state index contributed by atoms with van der Waals surface area (Å²) in [4.78, 5) is 0. The average molecular weight is 128 g/mol. The Balaban J connectivity index is 2.07. The summed E-state index contributed by atoms with van der Waals surface area (Å²) >= 11 is 0. The number of hydrogen-bond acceptors (Lipinski definition) is 3. The molecule has 0 aromatic carbocycles. The van der Waals surface area contributed by atoms with Gasteiger partial charge >= 0.3 is 0 Å². The van der Waals surface area contributed by atoms with E-state index in [0.717, 1.165) is 0 Å². The van der Waals surface area contributed by atoms with Gasteiger partial charge in [0.15, 0.2) is 0 Å². The molecule has 0 bridgehead atoms. The Bertz CT molecular complexity index is 118.